The van der Waals surface area contributed by atoms with Gasteiger partial charge in [-0.2, -0.15) is 0 Å². The molecule has 0 bridgehead atoms. The van der Waals surface area contributed by atoms with Crippen molar-refractivity contribution in [1.82, 2.24) is 4.90 Å². The van der Waals surface area contributed by atoms with Crippen molar-refractivity contribution >= 4 is 17.5 Å². The van der Waals surface area contributed by atoms with E-state index in [1.165, 1.54) is 11.0 Å². The van der Waals surface area contributed by atoms with Crippen LogP contribution in [-0.2, 0) is 4.79 Å². The van der Waals surface area contributed by atoms with Crippen molar-refractivity contribution in [2.75, 3.05) is 25.2 Å². The molecule has 2 aliphatic heterocycles. The Kier molecular flexibility index (Phi) is 3.95. The van der Waals surface area contributed by atoms with Gasteiger partial charge in [-0.25, -0.2) is 8.78 Å². The van der Waals surface area contributed by atoms with E-state index in [0.29, 0.717) is 17.2 Å². The molecule has 2 aliphatic rings. The number of benzene rings is 2. The maximum atomic E-state index is 13.2. The van der Waals surface area contributed by atoms with Gasteiger partial charge in [0.2, 0.25) is 12.7 Å². The second kappa shape index (κ2) is 6.29. The number of nitrogens with zero attached hydrogens (tertiary/aromatic N) is 1. The van der Waals surface area contributed by atoms with Crippen LogP contribution >= 0.6 is 0 Å². The number of hydrogen-bond acceptors (Lipinski definition) is 4. The van der Waals surface area contributed by atoms with Gasteiger partial charge in [-0.1, -0.05) is 0 Å². The number of amides is 2. The standard InChI is InChI=1S/C18H14F2N2O4/c19-13-3-1-10(5-14(13)20)18(24)22-7-11(8-22)17(23)21-12-2-4-15-16(6-12)26-9-25-15/h1-6,11H,7-9H2,(H,21,23). The lowest BCUT2D eigenvalue weighted by molar-refractivity contribution is -0.123. The highest BCUT2D eigenvalue weighted by atomic mass is 19.2. The molecule has 1 N–H and O–H groups in total. The molecule has 2 amide bonds. The first-order chi connectivity index (χ1) is 12.5. The summed E-state index contributed by atoms with van der Waals surface area (Å²) in [5.41, 5.74) is 0.628. The Labute approximate surface area is 147 Å². The Bertz CT molecular complexity index is 897. The minimum Gasteiger partial charge on any atom is -0.454 e. The summed E-state index contributed by atoms with van der Waals surface area (Å²) < 4.78 is 36.6. The first-order valence-corrected chi connectivity index (χ1v) is 7.96. The van der Waals surface area contributed by atoms with Crippen LogP contribution in [0.25, 0.3) is 0 Å². The highest BCUT2D eigenvalue weighted by Crippen LogP contribution is 2.34. The van der Waals surface area contributed by atoms with Gasteiger partial charge in [0, 0.05) is 30.4 Å². The lowest BCUT2D eigenvalue weighted by atomic mass is 9.97. The van der Waals surface area contributed by atoms with Crippen molar-refractivity contribution in [3.8, 4) is 11.5 Å². The maximum absolute atomic E-state index is 13.2. The van der Waals surface area contributed by atoms with Crippen molar-refractivity contribution < 1.29 is 27.8 Å². The molecule has 1 saturated heterocycles. The lowest BCUT2D eigenvalue weighted by Gasteiger charge is -2.38. The van der Waals surface area contributed by atoms with E-state index in [9.17, 15) is 18.4 Å². The third kappa shape index (κ3) is 2.94. The first-order valence-electron chi connectivity index (χ1n) is 7.96. The number of carbonyl (C=O) groups is 2. The molecule has 0 unspecified atom stereocenters. The fourth-order valence-corrected chi connectivity index (χ4v) is 2.84. The highest BCUT2D eigenvalue weighted by Gasteiger charge is 2.36. The fraction of sp³-hybridized carbons (Fsp3) is 0.222. The number of likely N-dealkylation sites (tertiary alicyclic amines) is 1. The van der Waals surface area contributed by atoms with E-state index in [0.717, 1.165) is 12.1 Å². The van der Waals surface area contributed by atoms with E-state index in [4.69, 9.17) is 9.47 Å². The Morgan fingerprint density at radius 2 is 1.77 bits per heavy atom. The average molecular weight is 360 g/mol. The topological polar surface area (TPSA) is 67.9 Å². The number of fused-ring (bicyclic) bond motifs is 1. The van der Waals surface area contributed by atoms with Crippen molar-refractivity contribution in [1.29, 1.82) is 0 Å². The number of ether oxygens (including phenoxy) is 2. The van der Waals surface area contributed by atoms with Crippen LogP contribution in [0.1, 0.15) is 10.4 Å². The fourth-order valence-electron chi connectivity index (χ4n) is 2.84. The molecule has 0 aromatic heterocycles. The summed E-state index contributed by atoms with van der Waals surface area (Å²) in [6, 6.07) is 8.07. The summed E-state index contributed by atoms with van der Waals surface area (Å²) in [4.78, 5) is 25.9. The van der Waals surface area contributed by atoms with Crippen molar-refractivity contribution in [3.63, 3.8) is 0 Å². The van der Waals surface area contributed by atoms with Gasteiger partial charge >= 0.3 is 0 Å². The van der Waals surface area contributed by atoms with Crippen LogP contribution in [0, 0.1) is 17.6 Å². The SMILES string of the molecule is O=C(Nc1ccc2c(c1)OCO2)C1CN(C(=O)c2ccc(F)c(F)c2)C1. The van der Waals surface area contributed by atoms with Crippen LogP contribution in [-0.4, -0.2) is 36.6 Å². The van der Waals surface area contributed by atoms with E-state index in [2.05, 4.69) is 5.32 Å². The van der Waals surface area contributed by atoms with Crippen LogP contribution < -0.4 is 14.8 Å². The molecule has 2 aromatic carbocycles. The zero-order valence-electron chi connectivity index (χ0n) is 13.5. The van der Waals surface area contributed by atoms with Gasteiger partial charge in [0.05, 0.1) is 5.92 Å². The van der Waals surface area contributed by atoms with E-state index in [-0.39, 0.29) is 37.3 Å². The zero-order chi connectivity index (χ0) is 18.3. The van der Waals surface area contributed by atoms with Gasteiger partial charge in [0.1, 0.15) is 0 Å². The van der Waals surface area contributed by atoms with Gasteiger partial charge < -0.3 is 19.7 Å². The molecule has 0 radical (unpaired) electrons. The predicted octanol–water partition coefficient (Wildman–Crippen LogP) is 2.40. The number of hydrogen-bond donors (Lipinski definition) is 1. The second-order valence-electron chi connectivity index (χ2n) is 6.09. The van der Waals surface area contributed by atoms with E-state index >= 15 is 0 Å². The molecule has 0 atom stereocenters. The molecule has 6 nitrogen and oxygen atoms in total. The van der Waals surface area contributed by atoms with Crippen LogP contribution in [0.2, 0.25) is 0 Å². The summed E-state index contributed by atoms with van der Waals surface area (Å²) in [5, 5.41) is 2.77. The lowest BCUT2D eigenvalue weighted by Crippen LogP contribution is -2.54. The van der Waals surface area contributed by atoms with Crippen molar-refractivity contribution in [2.24, 2.45) is 5.92 Å². The molecule has 0 saturated carbocycles. The minimum atomic E-state index is -1.08. The largest absolute Gasteiger partial charge is 0.454 e. The molecular weight excluding hydrogens is 346 g/mol. The van der Waals surface area contributed by atoms with Gasteiger partial charge in [0.15, 0.2) is 23.1 Å². The summed E-state index contributed by atoms with van der Waals surface area (Å²) >= 11 is 0. The summed E-state index contributed by atoms with van der Waals surface area (Å²) in [6.07, 6.45) is 0. The number of carbonyl (C=O) groups excluding carboxylic acids is 2. The van der Waals surface area contributed by atoms with Crippen LogP contribution in [0.5, 0.6) is 11.5 Å². The van der Waals surface area contributed by atoms with Gasteiger partial charge in [-0.15, -0.1) is 0 Å². The molecule has 8 heteroatoms. The molecular formula is C18H14F2N2O4. The molecule has 2 heterocycles. The first kappa shape index (κ1) is 16.3. The molecule has 26 heavy (non-hydrogen) atoms. The van der Waals surface area contributed by atoms with Crippen molar-refractivity contribution in [3.05, 3.63) is 53.6 Å². The minimum absolute atomic E-state index is 0.0542. The third-order valence-corrected chi connectivity index (χ3v) is 4.35. The molecule has 2 aromatic rings. The highest BCUT2D eigenvalue weighted by molar-refractivity contribution is 5.98. The maximum Gasteiger partial charge on any atom is 0.254 e. The molecule has 4 rings (SSSR count). The van der Waals surface area contributed by atoms with Gasteiger partial charge in [0.25, 0.3) is 5.91 Å². The number of nitrogens with one attached hydrogen (secondary N) is 1. The Balaban J connectivity index is 1.34. The zero-order valence-corrected chi connectivity index (χ0v) is 13.5. The van der Waals surface area contributed by atoms with E-state index in [1.54, 1.807) is 18.2 Å². The Morgan fingerprint density at radius 1 is 1.00 bits per heavy atom. The Hall–Kier alpha value is -3.16. The number of halogens is 2. The number of anilines is 1. The van der Waals surface area contributed by atoms with Crippen molar-refractivity contribution in [2.45, 2.75) is 0 Å². The Morgan fingerprint density at radius 3 is 2.54 bits per heavy atom. The number of rotatable bonds is 3. The summed E-state index contributed by atoms with van der Waals surface area (Å²) in [7, 11) is 0. The van der Waals surface area contributed by atoms with E-state index in [1.807, 2.05) is 0 Å². The average Bonchev–Trinajstić information content (AvgIpc) is 3.03. The quantitative estimate of drug-likeness (QED) is 0.913. The van der Waals surface area contributed by atoms with E-state index < -0.39 is 17.5 Å². The predicted molar refractivity (Wildman–Crippen MR) is 86.9 cm³/mol. The molecule has 0 aliphatic carbocycles. The van der Waals surface area contributed by atoms with Crippen LogP contribution in [0.3, 0.4) is 0 Å². The van der Waals surface area contributed by atoms with Gasteiger partial charge in [-0.05, 0) is 30.3 Å². The summed E-state index contributed by atoms with van der Waals surface area (Å²) in [5.74, 6) is -1.93. The molecule has 0 spiro atoms. The summed E-state index contributed by atoms with van der Waals surface area (Å²) in [6.45, 7) is 0.582. The third-order valence-electron chi connectivity index (χ3n) is 4.35. The monoisotopic (exact) mass is 360 g/mol. The van der Waals surface area contributed by atoms with Gasteiger partial charge in [-0.3, -0.25) is 9.59 Å². The second-order valence-corrected chi connectivity index (χ2v) is 6.09. The smallest absolute Gasteiger partial charge is 0.254 e. The molecule has 1 fully saturated rings. The van der Waals surface area contributed by atoms with Crippen LogP contribution in [0.4, 0.5) is 14.5 Å². The van der Waals surface area contributed by atoms with Crippen LogP contribution in [0.15, 0.2) is 36.4 Å². The molecule has 134 valence electrons. The normalized spacial score (nSPS) is 15.5.